The highest BCUT2D eigenvalue weighted by Gasteiger charge is 2.17. The monoisotopic (exact) mass is 242 g/mol. The second kappa shape index (κ2) is 5.77. The van der Waals surface area contributed by atoms with Gasteiger partial charge in [-0.1, -0.05) is 0 Å². The van der Waals surface area contributed by atoms with Crippen molar-refractivity contribution in [1.82, 2.24) is 9.97 Å². The second-order valence-electron chi connectivity index (χ2n) is 4.24. The van der Waals surface area contributed by atoms with Gasteiger partial charge in [0.25, 0.3) is 0 Å². The third kappa shape index (κ3) is 4.14. The molecule has 0 saturated carbocycles. The summed E-state index contributed by atoms with van der Waals surface area (Å²) in [5, 5.41) is 5.84. The van der Waals surface area contributed by atoms with Gasteiger partial charge in [0.2, 0.25) is 5.95 Å². The van der Waals surface area contributed by atoms with Gasteiger partial charge in [0.05, 0.1) is 11.8 Å². The van der Waals surface area contributed by atoms with Crippen LogP contribution in [0.5, 0.6) is 0 Å². The minimum absolute atomic E-state index is 0.182. The van der Waals surface area contributed by atoms with Crippen LogP contribution in [0.2, 0.25) is 0 Å². The van der Waals surface area contributed by atoms with E-state index in [4.69, 9.17) is 4.74 Å². The molecule has 0 radical (unpaired) electrons. The van der Waals surface area contributed by atoms with Crippen molar-refractivity contribution in [1.29, 1.82) is 0 Å². The summed E-state index contributed by atoms with van der Waals surface area (Å²) in [5.74, 6) is 0.117. The Morgan fingerprint density at radius 2 is 2.12 bits per heavy atom. The molecule has 0 aromatic carbocycles. The van der Waals surface area contributed by atoms with Gasteiger partial charge in [-0.05, 0) is 20.8 Å². The van der Waals surface area contributed by atoms with Crippen LogP contribution >= 0.6 is 0 Å². The number of hydrogen-bond donors (Lipinski definition) is 2. The van der Waals surface area contributed by atoms with E-state index in [-0.39, 0.29) is 11.4 Å². The highest BCUT2D eigenvalue weighted by Crippen LogP contribution is 2.14. The lowest BCUT2D eigenvalue weighted by Crippen LogP contribution is -2.32. The van der Waals surface area contributed by atoms with E-state index in [1.807, 2.05) is 20.8 Å². The van der Waals surface area contributed by atoms with Crippen LogP contribution in [0.25, 0.3) is 0 Å². The summed E-state index contributed by atoms with van der Waals surface area (Å²) in [7, 11) is 1.61. The standard InChI is InChI=1S/C11H19FN4O/c1-5-13-10-14-6-8(12)9(16-10)15-7-11(2,3)17-4/h6H,5,7H2,1-4H3,(H2,13,14,15,16). The van der Waals surface area contributed by atoms with Gasteiger partial charge in [-0.2, -0.15) is 4.98 Å². The summed E-state index contributed by atoms with van der Waals surface area (Å²) in [4.78, 5) is 7.86. The fraction of sp³-hybridized carbons (Fsp3) is 0.636. The Hall–Kier alpha value is -1.43. The first-order valence-corrected chi connectivity index (χ1v) is 5.54. The molecule has 1 aromatic heterocycles. The number of nitrogens with one attached hydrogen (secondary N) is 2. The number of ether oxygens (including phenoxy) is 1. The SMILES string of the molecule is CCNc1ncc(F)c(NCC(C)(C)OC)n1. The van der Waals surface area contributed by atoms with Crippen LogP contribution in [0.3, 0.4) is 0 Å². The number of hydrogen-bond acceptors (Lipinski definition) is 5. The molecule has 5 nitrogen and oxygen atoms in total. The topological polar surface area (TPSA) is 59.1 Å². The van der Waals surface area contributed by atoms with Crippen LogP contribution in [0.15, 0.2) is 6.20 Å². The van der Waals surface area contributed by atoms with Gasteiger partial charge in [0, 0.05) is 20.2 Å². The summed E-state index contributed by atoms with van der Waals surface area (Å²) >= 11 is 0. The molecule has 2 N–H and O–H groups in total. The van der Waals surface area contributed by atoms with Crippen molar-refractivity contribution in [3.8, 4) is 0 Å². The maximum atomic E-state index is 13.4. The van der Waals surface area contributed by atoms with Gasteiger partial charge < -0.3 is 15.4 Å². The van der Waals surface area contributed by atoms with Crippen LogP contribution in [0, 0.1) is 5.82 Å². The smallest absolute Gasteiger partial charge is 0.224 e. The highest BCUT2D eigenvalue weighted by atomic mass is 19.1. The lowest BCUT2D eigenvalue weighted by Gasteiger charge is -2.23. The molecule has 0 atom stereocenters. The molecule has 0 aliphatic rings. The normalized spacial score (nSPS) is 11.4. The van der Waals surface area contributed by atoms with Crippen LogP contribution < -0.4 is 10.6 Å². The van der Waals surface area contributed by atoms with Gasteiger partial charge in [0.1, 0.15) is 0 Å². The zero-order valence-corrected chi connectivity index (χ0v) is 10.7. The van der Waals surface area contributed by atoms with E-state index < -0.39 is 5.82 Å². The summed E-state index contributed by atoms with van der Waals surface area (Å²) in [6.45, 7) is 6.89. The van der Waals surface area contributed by atoms with Gasteiger partial charge in [0.15, 0.2) is 11.6 Å². The second-order valence-corrected chi connectivity index (χ2v) is 4.24. The number of nitrogens with zero attached hydrogens (tertiary/aromatic N) is 2. The van der Waals surface area contributed by atoms with E-state index in [1.165, 1.54) is 0 Å². The quantitative estimate of drug-likeness (QED) is 0.797. The molecule has 0 aliphatic carbocycles. The first-order valence-electron chi connectivity index (χ1n) is 5.54. The Morgan fingerprint density at radius 1 is 1.41 bits per heavy atom. The predicted molar refractivity (Wildman–Crippen MR) is 65.7 cm³/mol. The van der Waals surface area contributed by atoms with Crippen molar-refractivity contribution in [2.75, 3.05) is 30.8 Å². The summed E-state index contributed by atoms with van der Waals surface area (Å²) in [6.07, 6.45) is 1.15. The molecule has 1 heterocycles. The molecule has 96 valence electrons. The Kier molecular flexibility index (Phi) is 4.62. The molecule has 0 amide bonds. The van der Waals surface area contributed by atoms with Gasteiger partial charge in [-0.3, -0.25) is 0 Å². The summed E-state index contributed by atoms with van der Waals surface area (Å²) in [5.41, 5.74) is -0.379. The number of aromatic nitrogens is 2. The molecule has 1 rings (SSSR count). The third-order valence-electron chi connectivity index (χ3n) is 2.31. The highest BCUT2D eigenvalue weighted by molar-refractivity contribution is 5.41. The van der Waals surface area contributed by atoms with E-state index in [0.717, 1.165) is 6.20 Å². The Labute approximate surface area is 101 Å². The summed E-state index contributed by atoms with van der Waals surface area (Å²) in [6, 6.07) is 0. The van der Waals surface area contributed by atoms with E-state index in [1.54, 1.807) is 7.11 Å². The van der Waals surface area contributed by atoms with E-state index in [0.29, 0.717) is 19.0 Å². The molecular formula is C11H19FN4O. The first-order chi connectivity index (χ1) is 7.98. The zero-order valence-electron chi connectivity index (χ0n) is 10.7. The third-order valence-corrected chi connectivity index (χ3v) is 2.31. The molecule has 0 bridgehead atoms. The zero-order chi connectivity index (χ0) is 12.9. The molecule has 1 aromatic rings. The fourth-order valence-corrected chi connectivity index (χ4v) is 1.10. The maximum Gasteiger partial charge on any atom is 0.224 e. The molecule has 0 fully saturated rings. The largest absolute Gasteiger partial charge is 0.377 e. The number of rotatable bonds is 6. The number of halogens is 1. The van der Waals surface area contributed by atoms with Crippen molar-refractivity contribution in [3.63, 3.8) is 0 Å². The van der Waals surface area contributed by atoms with E-state index in [2.05, 4.69) is 20.6 Å². The number of anilines is 2. The van der Waals surface area contributed by atoms with Gasteiger partial charge >= 0.3 is 0 Å². The molecule has 17 heavy (non-hydrogen) atoms. The first kappa shape index (κ1) is 13.6. The summed E-state index contributed by atoms with van der Waals surface area (Å²) < 4.78 is 18.7. The minimum atomic E-state index is -0.474. The van der Waals surface area contributed by atoms with Crippen LogP contribution in [0.4, 0.5) is 16.2 Å². The fourth-order valence-electron chi connectivity index (χ4n) is 1.10. The molecule has 0 spiro atoms. The Morgan fingerprint density at radius 3 is 2.71 bits per heavy atom. The Bertz CT molecular complexity index is 370. The van der Waals surface area contributed by atoms with Crippen molar-refractivity contribution < 1.29 is 9.13 Å². The number of methoxy groups -OCH3 is 1. The minimum Gasteiger partial charge on any atom is -0.377 e. The van der Waals surface area contributed by atoms with E-state index >= 15 is 0 Å². The van der Waals surface area contributed by atoms with Gasteiger partial charge in [-0.15, -0.1) is 0 Å². The van der Waals surface area contributed by atoms with Crippen molar-refractivity contribution >= 4 is 11.8 Å². The average Bonchev–Trinajstić information content (AvgIpc) is 2.30. The van der Waals surface area contributed by atoms with Crippen molar-refractivity contribution in [2.24, 2.45) is 0 Å². The van der Waals surface area contributed by atoms with E-state index in [9.17, 15) is 4.39 Å². The molecule has 0 unspecified atom stereocenters. The average molecular weight is 242 g/mol. The Balaban J connectivity index is 2.72. The molecular weight excluding hydrogens is 223 g/mol. The van der Waals surface area contributed by atoms with Gasteiger partial charge in [-0.25, -0.2) is 9.37 Å². The predicted octanol–water partition coefficient (Wildman–Crippen LogP) is 1.88. The molecule has 6 heteroatoms. The maximum absolute atomic E-state index is 13.4. The molecule has 0 saturated heterocycles. The van der Waals surface area contributed by atoms with Crippen LogP contribution in [-0.2, 0) is 4.74 Å². The molecule has 0 aliphatic heterocycles. The lowest BCUT2D eigenvalue weighted by molar-refractivity contribution is 0.0342. The van der Waals surface area contributed by atoms with Crippen LogP contribution in [-0.4, -0.2) is 35.8 Å². The van der Waals surface area contributed by atoms with Crippen LogP contribution in [0.1, 0.15) is 20.8 Å². The van der Waals surface area contributed by atoms with Crippen molar-refractivity contribution in [2.45, 2.75) is 26.4 Å². The van der Waals surface area contributed by atoms with Crippen molar-refractivity contribution in [3.05, 3.63) is 12.0 Å². The lowest BCUT2D eigenvalue weighted by atomic mass is 10.1.